The third-order valence-corrected chi connectivity index (χ3v) is 27.4. The average molecular weight is 1050 g/mol. The van der Waals surface area contributed by atoms with Crippen LogP contribution in [0.25, 0.3) is 97.7 Å². The highest BCUT2D eigenvalue weighted by Gasteiger charge is 2.44. The van der Waals surface area contributed by atoms with E-state index < -0.39 is 16.1 Å². The van der Waals surface area contributed by atoms with Gasteiger partial charge in [-0.2, -0.15) is 0 Å². The molecule has 16 rings (SSSR count). The van der Waals surface area contributed by atoms with Crippen LogP contribution >= 0.6 is 0 Å². The topological polar surface area (TPSA) is 0 Å². The number of rotatable bonds is 10. The molecule has 0 N–H and O–H groups in total. The van der Waals surface area contributed by atoms with E-state index in [1.165, 1.54) is 139 Å². The number of benzene rings is 14. The van der Waals surface area contributed by atoms with Gasteiger partial charge in [-0.1, -0.05) is 309 Å². The smallest absolute Gasteiger partial charge is 0.0623 e. The molecule has 0 amide bonds. The zero-order chi connectivity index (χ0) is 52.8. The van der Waals surface area contributed by atoms with Crippen LogP contribution in [0.5, 0.6) is 0 Å². The molecule has 16 aromatic rings. The Morgan fingerprint density at radius 1 is 0.163 bits per heavy atom. The number of hydrogen-bond acceptors (Lipinski definition) is 0. The summed E-state index contributed by atoms with van der Waals surface area (Å²) in [5, 5.41) is 29.3. The van der Waals surface area contributed by atoms with Gasteiger partial charge in [0.05, 0.1) is 0 Å². The van der Waals surface area contributed by atoms with E-state index in [1.807, 2.05) is 0 Å². The van der Waals surface area contributed by atoms with E-state index in [2.05, 4.69) is 315 Å². The molecule has 0 bridgehead atoms. The molecule has 0 heterocycles. The van der Waals surface area contributed by atoms with Gasteiger partial charge in [0.15, 0.2) is 16.1 Å². The largest absolute Gasteiger partial charge is 0.180 e. The Balaban J connectivity index is 1.07. The molecule has 0 aliphatic rings. The summed E-state index contributed by atoms with van der Waals surface area (Å²) in [5.74, 6) is 0. The van der Waals surface area contributed by atoms with Gasteiger partial charge in [-0.05, 0) is 145 Å². The summed E-state index contributed by atoms with van der Waals surface area (Å²) in [5.41, 5.74) is 5.03. The Morgan fingerprint density at radius 3 is 1.01 bits per heavy atom. The van der Waals surface area contributed by atoms with Crippen LogP contribution in [0.3, 0.4) is 0 Å². The molecule has 0 aromatic heterocycles. The van der Waals surface area contributed by atoms with Gasteiger partial charge in [0.2, 0.25) is 0 Å². The molecule has 0 spiro atoms. The van der Waals surface area contributed by atoms with Crippen LogP contribution in [-0.4, -0.2) is 16.1 Å². The summed E-state index contributed by atoms with van der Waals surface area (Å²) >= 11 is 0. The molecule has 0 radical (unpaired) electrons. The summed E-state index contributed by atoms with van der Waals surface area (Å²) in [7, 11) is -5.76. The first-order valence-electron chi connectivity index (χ1n) is 28.0. The van der Waals surface area contributed by atoms with Crippen LogP contribution in [0.1, 0.15) is 0 Å². The third kappa shape index (κ3) is 6.61. The molecule has 0 fully saturated rings. The third-order valence-electron chi connectivity index (χ3n) is 17.8. The molecular weight excluding hydrogens is 993 g/mol. The zero-order valence-corrected chi connectivity index (χ0v) is 46.0. The minimum atomic E-state index is -2.94. The predicted molar refractivity (Wildman–Crippen MR) is 349 cm³/mol. The molecule has 0 unspecified atom stereocenters. The van der Waals surface area contributed by atoms with E-state index >= 15 is 0 Å². The lowest BCUT2D eigenvalue weighted by atomic mass is 9.84. The first kappa shape index (κ1) is 46.4. The van der Waals surface area contributed by atoms with E-state index in [0.29, 0.717) is 0 Å². The maximum Gasteiger partial charge on any atom is 0.180 e. The molecule has 2 heteroatoms. The van der Waals surface area contributed by atoms with E-state index in [0.717, 1.165) is 0 Å². The first-order chi connectivity index (χ1) is 39.7. The normalized spacial score (nSPS) is 12.2. The van der Waals surface area contributed by atoms with Gasteiger partial charge >= 0.3 is 0 Å². The van der Waals surface area contributed by atoms with E-state index in [4.69, 9.17) is 0 Å². The van der Waals surface area contributed by atoms with Crippen molar-refractivity contribution in [3.05, 3.63) is 315 Å². The van der Waals surface area contributed by atoms with Gasteiger partial charge in [-0.15, -0.1) is 0 Å². The van der Waals surface area contributed by atoms with Crippen molar-refractivity contribution in [2.24, 2.45) is 0 Å². The van der Waals surface area contributed by atoms with Gasteiger partial charge in [0.25, 0.3) is 0 Å². The van der Waals surface area contributed by atoms with Crippen molar-refractivity contribution in [2.45, 2.75) is 0 Å². The lowest BCUT2D eigenvalue weighted by molar-refractivity contribution is 1.68. The van der Waals surface area contributed by atoms with Crippen molar-refractivity contribution in [2.75, 3.05) is 0 Å². The summed E-state index contributed by atoms with van der Waals surface area (Å²) in [6.45, 7) is 0. The Hall–Kier alpha value is -9.71. The van der Waals surface area contributed by atoms with Gasteiger partial charge in [-0.25, -0.2) is 0 Å². The average Bonchev–Trinajstić information content (AvgIpc) is 4.26. The van der Waals surface area contributed by atoms with Crippen molar-refractivity contribution in [3.63, 3.8) is 0 Å². The van der Waals surface area contributed by atoms with E-state index in [9.17, 15) is 0 Å². The summed E-state index contributed by atoms with van der Waals surface area (Å²) in [6.07, 6.45) is 0. The van der Waals surface area contributed by atoms with E-state index in [1.54, 1.807) is 0 Å². The van der Waals surface area contributed by atoms with Gasteiger partial charge < -0.3 is 0 Å². The van der Waals surface area contributed by atoms with Gasteiger partial charge in [-0.3, -0.25) is 0 Å². The minimum Gasteiger partial charge on any atom is -0.0623 e. The van der Waals surface area contributed by atoms with Crippen LogP contribution in [-0.2, 0) is 0 Å². The van der Waals surface area contributed by atoms with Crippen LogP contribution < -0.4 is 41.5 Å². The van der Waals surface area contributed by atoms with Crippen molar-refractivity contribution < 1.29 is 0 Å². The highest BCUT2D eigenvalue weighted by atomic mass is 28.3. The number of fused-ring (bicyclic) bond motifs is 8. The number of hydrogen-bond donors (Lipinski definition) is 0. The molecular formula is C78H52Si2. The molecule has 0 saturated heterocycles. The van der Waals surface area contributed by atoms with Crippen LogP contribution in [0.4, 0.5) is 0 Å². The van der Waals surface area contributed by atoms with Crippen molar-refractivity contribution >= 4 is 133 Å². The Kier molecular flexibility index (Phi) is 10.7. The molecule has 0 saturated carbocycles. The molecule has 0 nitrogen and oxygen atoms in total. The second-order valence-electron chi connectivity index (χ2n) is 21.7. The van der Waals surface area contributed by atoms with Crippen LogP contribution in [0.2, 0.25) is 0 Å². The molecule has 0 atom stereocenters. The lowest BCUT2D eigenvalue weighted by Gasteiger charge is -2.35. The molecule has 0 aliphatic carbocycles. The summed E-state index contributed by atoms with van der Waals surface area (Å²) in [4.78, 5) is 0. The summed E-state index contributed by atoms with van der Waals surface area (Å²) < 4.78 is 0. The van der Waals surface area contributed by atoms with Crippen LogP contribution in [0.15, 0.2) is 315 Å². The predicted octanol–water partition coefficient (Wildman–Crippen LogP) is 14.7. The second-order valence-corrected chi connectivity index (χ2v) is 29.2. The van der Waals surface area contributed by atoms with Crippen LogP contribution in [0, 0.1) is 0 Å². The minimum absolute atomic E-state index is 1.22. The highest BCUT2D eigenvalue weighted by molar-refractivity contribution is 7.21. The fourth-order valence-electron chi connectivity index (χ4n) is 14.7. The Bertz CT molecular complexity index is 4740. The maximum atomic E-state index is 2.59. The standard InChI is InChI=1S/C78H52Si2/c1-9-27-53(28-10-1)72-70-52-69-62-48-47-61(79(55-31-13-3-14-32-55,56-33-15-4-16-34-56)57-35-17-5-18-36-57)51-68(62)63-43-25-45-65(74(63)69)76(70)73(54-29-11-2-12-30-54)78-66-46-26-44-64-71(50-49-67(75(64)66)77(72)78)80(58-37-19-6-20-38-58,59-39-21-7-22-40-59)60-41-23-8-24-42-60/h1-52H. The molecule has 372 valence electrons. The first-order valence-corrected chi connectivity index (χ1v) is 32.0. The van der Waals surface area contributed by atoms with Crippen molar-refractivity contribution in [1.29, 1.82) is 0 Å². The molecule has 80 heavy (non-hydrogen) atoms. The lowest BCUT2D eigenvalue weighted by Crippen LogP contribution is -2.74. The maximum absolute atomic E-state index is 2.94. The Morgan fingerprint density at radius 2 is 0.525 bits per heavy atom. The highest BCUT2D eigenvalue weighted by Crippen LogP contribution is 2.54. The molecule has 16 aromatic carbocycles. The zero-order valence-electron chi connectivity index (χ0n) is 44.0. The SMILES string of the molecule is c1ccc(-c2c3cc4c5ccc([Si](c6ccccc6)(c6ccccc6)c6ccccc6)cc5c5cccc(c3c(-c3ccccc3)c3c6cccc7c([Si](c8ccccc8)(c8ccccc8)c8ccccc8)ccc(c23)c76)c54)cc1. The Labute approximate surface area is 467 Å². The fourth-order valence-corrected chi connectivity index (χ4v) is 24.4. The second kappa shape index (κ2) is 18.5. The van der Waals surface area contributed by atoms with Gasteiger partial charge in [0, 0.05) is 0 Å². The fraction of sp³-hybridized carbons (Fsp3) is 0. The monoisotopic (exact) mass is 1040 g/mol. The van der Waals surface area contributed by atoms with Crippen molar-refractivity contribution in [1.82, 2.24) is 0 Å². The van der Waals surface area contributed by atoms with Crippen molar-refractivity contribution in [3.8, 4) is 22.3 Å². The quantitative estimate of drug-likeness (QED) is 0.0727. The van der Waals surface area contributed by atoms with Gasteiger partial charge in [0.1, 0.15) is 0 Å². The molecule has 0 aliphatic heterocycles. The summed E-state index contributed by atoms with van der Waals surface area (Å²) in [6, 6.07) is 120. The van der Waals surface area contributed by atoms with E-state index in [-0.39, 0.29) is 0 Å².